The number of phenols is 1. The van der Waals surface area contributed by atoms with Crippen LogP contribution in [0.25, 0.3) is 5.69 Å². The van der Waals surface area contributed by atoms with Crippen LogP contribution in [0.3, 0.4) is 0 Å². The van der Waals surface area contributed by atoms with Crippen LogP contribution in [0.15, 0.2) is 133 Å². The summed E-state index contributed by atoms with van der Waals surface area (Å²) in [6.07, 6.45) is -0.598. The second-order valence-corrected chi connectivity index (χ2v) is 12.7. The van der Waals surface area contributed by atoms with Gasteiger partial charge in [-0.2, -0.15) is 4.68 Å². The van der Waals surface area contributed by atoms with Gasteiger partial charge in [-0.25, -0.2) is 4.79 Å². The van der Waals surface area contributed by atoms with Crippen LogP contribution < -0.4 is 15.4 Å². The van der Waals surface area contributed by atoms with E-state index in [0.717, 1.165) is 28.1 Å². The van der Waals surface area contributed by atoms with Crippen molar-refractivity contribution in [3.05, 3.63) is 144 Å². The van der Waals surface area contributed by atoms with Gasteiger partial charge >= 0.3 is 6.03 Å². The summed E-state index contributed by atoms with van der Waals surface area (Å²) in [5.41, 5.74) is 4.51. The first-order valence-electron chi connectivity index (χ1n) is 16.2. The van der Waals surface area contributed by atoms with E-state index in [1.807, 2.05) is 66.7 Å². The fourth-order valence-electron chi connectivity index (χ4n) is 5.46. The quantitative estimate of drug-likeness (QED) is 0.0992. The molecule has 258 valence electrons. The number of hydrogen-bond acceptors (Lipinski definition) is 10. The first-order chi connectivity index (χ1) is 25.0. The Kier molecular flexibility index (Phi) is 10.5. The largest absolute Gasteiger partial charge is 0.508 e. The minimum absolute atomic E-state index is 0.0407. The van der Waals surface area contributed by atoms with Gasteiger partial charge in [0.05, 0.1) is 24.5 Å². The van der Waals surface area contributed by atoms with Crippen LogP contribution >= 0.6 is 11.8 Å². The second-order valence-electron chi connectivity index (χ2n) is 11.7. The van der Waals surface area contributed by atoms with Crippen molar-refractivity contribution in [1.82, 2.24) is 20.2 Å². The number of aliphatic hydroxyl groups is 1. The number of aromatic nitrogens is 4. The summed E-state index contributed by atoms with van der Waals surface area (Å²) >= 11 is 1.46. The van der Waals surface area contributed by atoms with Crippen molar-refractivity contribution in [3.8, 4) is 22.9 Å². The number of nitrogens with one attached hydrogen (secondary N) is 2. The highest BCUT2D eigenvalue weighted by atomic mass is 32.2. The van der Waals surface area contributed by atoms with E-state index in [9.17, 15) is 15.0 Å². The van der Waals surface area contributed by atoms with E-state index >= 15 is 0 Å². The number of urea groups is 1. The third-order valence-corrected chi connectivity index (χ3v) is 9.13. The number of para-hydroxylation sites is 1. The molecule has 2 amide bonds. The van der Waals surface area contributed by atoms with Crippen LogP contribution in [0.1, 0.15) is 35.5 Å². The molecule has 1 aliphatic rings. The van der Waals surface area contributed by atoms with Gasteiger partial charge in [0.15, 0.2) is 6.29 Å². The number of aliphatic hydroxyl groups excluding tert-OH is 1. The average Bonchev–Trinajstić information content (AvgIpc) is 3.64. The summed E-state index contributed by atoms with van der Waals surface area (Å²) in [5.74, 6) is 2.09. The number of aromatic hydroxyl groups is 1. The number of phenolic OH excluding ortho intramolecular Hbond substituents is 1. The number of nitrogens with zero attached hydrogens (tertiary/aromatic N) is 4. The van der Waals surface area contributed by atoms with Crippen LogP contribution in [0, 0.1) is 0 Å². The molecule has 1 saturated heterocycles. The molecule has 5 aromatic carbocycles. The predicted molar refractivity (Wildman–Crippen MR) is 192 cm³/mol. The zero-order valence-electron chi connectivity index (χ0n) is 27.2. The number of benzene rings is 5. The number of anilines is 2. The van der Waals surface area contributed by atoms with E-state index in [4.69, 9.17) is 14.2 Å². The zero-order valence-corrected chi connectivity index (χ0v) is 28.0. The van der Waals surface area contributed by atoms with E-state index in [-0.39, 0.29) is 30.6 Å². The molecule has 7 rings (SSSR count). The number of hydrogen-bond donors (Lipinski definition) is 4. The molecule has 0 unspecified atom stereocenters. The molecule has 0 aliphatic carbocycles. The normalized spacial score (nSPS) is 17.1. The van der Waals surface area contributed by atoms with Gasteiger partial charge in [-0.05, 0) is 94.4 Å². The lowest BCUT2D eigenvalue weighted by molar-refractivity contribution is -0.245. The Morgan fingerprint density at radius 3 is 2.14 bits per heavy atom. The number of tetrazole rings is 1. The van der Waals surface area contributed by atoms with Gasteiger partial charge in [0.2, 0.25) is 5.16 Å². The maximum atomic E-state index is 12.8. The summed E-state index contributed by atoms with van der Waals surface area (Å²) in [6.45, 7) is -0.0407. The molecular formula is C38H34N6O6S. The topological polar surface area (TPSA) is 153 Å². The van der Waals surface area contributed by atoms with Crippen molar-refractivity contribution < 1.29 is 29.2 Å². The molecule has 2 heterocycles. The van der Waals surface area contributed by atoms with Gasteiger partial charge in [-0.15, -0.1) is 5.10 Å². The number of thioether (sulfide) groups is 1. The van der Waals surface area contributed by atoms with Gasteiger partial charge in [-0.1, -0.05) is 66.4 Å². The Balaban J connectivity index is 1.00. The molecule has 1 aliphatic heterocycles. The molecule has 13 heteroatoms. The third kappa shape index (κ3) is 8.71. The van der Waals surface area contributed by atoms with Crippen molar-refractivity contribution in [3.63, 3.8) is 0 Å². The van der Waals surface area contributed by atoms with Crippen molar-refractivity contribution >= 4 is 29.2 Å². The fourth-order valence-corrected chi connectivity index (χ4v) is 6.37. The smallest absolute Gasteiger partial charge is 0.323 e. The lowest BCUT2D eigenvalue weighted by Crippen LogP contribution is -2.31. The molecule has 4 N–H and O–H groups in total. The van der Waals surface area contributed by atoms with Crippen molar-refractivity contribution in [1.29, 1.82) is 0 Å². The number of ether oxygens (including phenoxy) is 3. The number of amides is 2. The SMILES string of the molecule is O=C(Nc1ccc(Oc2ccccc2)cc1)Nc1ccc([C@H]2O[C@@H](CSc3nnnn3-c3ccc(O)cc3)C[C@@H](c3ccc(CO)cc3)O2)cc1. The van der Waals surface area contributed by atoms with Crippen LogP contribution in [-0.4, -0.2) is 48.3 Å². The van der Waals surface area contributed by atoms with Crippen molar-refractivity contribution in [2.75, 3.05) is 16.4 Å². The van der Waals surface area contributed by atoms with Crippen molar-refractivity contribution in [2.45, 2.75) is 36.7 Å². The van der Waals surface area contributed by atoms with Crippen molar-refractivity contribution in [2.24, 2.45) is 0 Å². The highest BCUT2D eigenvalue weighted by Gasteiger charge is 2.32. The molecule has 0 saturated carbocycles. The van der Waals surface area contributed by atoms with Crippen LogP contribution in [0.5, 0.6) is 17.2 Å². The highest BCUT2D eigenvalue weighted by Crippen LogP contribution is 2.39. The van der Waals surface area contributed by atoms with Crippen LogP contribution in [0.4, 0.5) is 16.2 Å². The van der Waals surface area contributed by atoms with E-state index in [1.54, 1.807) is 65.3 Å². The van der Waals surface area contributed by atoms with Gasteiger partial charge in [0.25, 0.3) is 0 Å². The summed E-state index contributed by atoms with van der Waals surface area (Å²) < 4.78 is 20.4. The Morgan fingerprint density at radius 2 is 1.45 bits per heavy atom. The average molecular weight is 703 g/mol. The summed E-state index contributed by atoms with van der Waals surface area (Å²) in [5, 5.41) is 37.7. The molecular weight excluding hydrogens is 669 g/mol. The highest BCUT2D eigenvalue weighted by molar-refractivity contribution is 7.99. The van der Waals surface area contributed by atoms with Gasteiger partial charge < -0.3 is 35.1 Å². The predicted octanol–water partition coefficient (Wildman–Crippen LogP) is 7.63. The molecule has 1 fully saturated rings. The summed E-state index contributed by atoms with van der Waals surface area (Å²) in [6, 6.07) is 37.9. The van der Waals surface area contributed by atoms with E-state index in [0.29, 0.717) is 34.5 Å². The standard InChI is InChI=1S/C38H34N6O6S/c45-23-25-6-8-26(9-7-25)35-22-34(24-51-38-41-42-43-44(38)30-16-18-31(46)19-17-30)49-36(50-35)27-10-12-28(13-11-27)39-37(47)40-29-14-20-33(21-15-29)48-32-4-2-1-3-5-32/h1-21,34-36,45-46H,22-24H2,(H2,39,40,47)/t34-,35+,36+/m1/s1. The third-order valence-electron chi connectivity index (χ3n) is 8.08. The fraction of sp³-hybridized carbons (Fsp3) is 0.158. The Bertz CT molecular complexity index is 2030. The molecule has 0 bridgehead atoms. The van der Waals surface area contributed by atoms with E-state index in [1.165, 1.54) is 11.8 Å². The van der Waals surface area contributed by atoms with Crippen LogP contribution in [-0.2, 0) is 16.1 Å². The molecule has 3 atom stereocenters. The van der Waals surface area contributed by atoms with E-state index < -0.39 is 6.29 Å². The van der Waals surface area contributed by atoms with Gasteiger partial charge in [-0.3, -0.25) is 0 Å². The molecule has 0 spiro atoms. The zero-order chi connectivity index (χ0) is 35.0. The Hall–Kier alpha value is -5.73. The Labute approximate surface area is 298 Å². The van der Waals surface area contributed by atoms with Crippen LogP contribution in [0.2, 0.25) is 0 Å². The number of rotatable bonds is 11. The maximum absolute atomic E-state index is 12.8. The lowest BCUT2D eigenvalue weighted by atomic mass is 10.0. The molecule has 1 aromatic heterocycles. The summed E-state index contributed by atoms with van der Waals surface area (Å²) in [4.78, 5) is 12.8. The molecule has 51 heavy (non-hydrogen) atoms. The lowest BCUT2D eigenvalue weighted by Gasteiger charge is -2.36. The number of carbonyl (C=O) groups excluding carboxylic acids is 1. The van der Waals surface area contributed by atoms with E-state index in [2.05, 4.69) is 26.2 Å². The van der Waals surface area contributed by atoms with Gasteiger partial charge in [0, 0.05) is 29.1 Å². The first-order valence-corrected chi connectivity index (χ1v) is 17.2. The minimum Gasteiger partial charge on any atom is -0.508 e. The first kappa shape index (κ1) is 33.8. The Morgan fingerprint density at radius 1 is 0.804 bits per heavy atom. The maximum Gasteiger partial charge on any atom is 0.323 e. The van der Waals surface area contributed by atoms with Gasteiger partial charge in [0.1, 0.15) is 17.2 Å². The molecule has 12 nitrogen and oxygen atoms in total. The second kappa shape index (κ2) is 15.9. The minimum atomic E-state index is -0.681. The monoisotopic (exact) mass is 702 g/mol. The summed E-state index contributed by atoms with van der Waals surface area (Å²) in [7, 11) is 0. The number of carbonyl (C=O) groups is 1. The molecule has 0 radical (unpaired) electrons. The molecule has 6 aromatic rings.